The summed E-state index contributed by atoms with van der Waals surface area (Å²) in [5.41, 5.74) is 0. The smallest absolute Gasteiger partial charge is 0.359 e. The number of carboxylic acid groups (broad SMARTS) is 1. The zero-order chi connectivity index (χ0) is 34.7. The number of rotatable bonds is 36. The highest BCUT2D eigenvalue weighted by Gasteiger charge is 2.27. The van der Waals surface area contributed by atoms with Crippen LogP contribution in [-0.4, -0.2) is 54.8 Å². The molecule has 0 aliphatic carbocycles. The maximum Gasteiger partial charge on any atom is 0.359 e. The lowest BCUT2D eigenvalue weighted by atomic mass is 10.0. The second-order valence-electron chi connectivity index (χ2n) is 14.9. The number of hydrogen-bond acceptors (Lipinski definition) is 3. The number of ether oxygens (including phenoxy) is 1. The molecular weight excluding hydrogens is 582 g/mol. The minimum atomic E-state index is -0.812. The summed E-state index contributed by atoms with van der Waals surface area (Å²) in [6, 6.07) is 0. The first kappa shape index (κ1) is 45.4. The number of esters is 1. The van der Waals surface area contributed by atoms with E-state index in [2.05, 4.69) is 38.2 Å². The molecule has 0 aliphatic rings. The summed E-state index contributed by atoms with van der Waals surface area (Å²) >= 11 is 0. The van der Waals surface area contributed by atoms with Crippen molar-refractivity contribution in [1.29, 1.82) is 0 Å². The van der Waals surface area contributed by atoms with Gasteiger partial charge >= 0.3 is 11.9 Å². The fourth-order valence-corrected chi connectivity index (χ4v) is 6.42. The summed E-state index contributed by atoms with van der Waals surface area (Å²) in [6.45, 7) is 5.12. The van der Waals surface area contributed by atoms with E-state index in [0.717, 1.165) is 51.4 Å². The van der Waals surface area contributed by atoms with E-state index in [0.29, 0.717) is 17.4 Å². The van der Waals surface area contributed by atoms with E-state index in [-0.39, 0.29) is 18.6 Å². The Kier molecular flexibility index (Phi) is 33.1. The molecule has 0 spiro atoms. The van der Waals surface area contributed by atoms with Crippen molar-refractivity contribution in [3.05, 3.63) is 24.3 Å². The van der Waals surface area contributed by atoms with Gasteiger partial charge in [0, 0.05) is 6.42 Å². The highest BCUT2D eigenvalue weighted by molar-refractivity contribution is 5.69. The van der Waals surface area contributed by atoms with E-state index >= 15 is 0 Å². The van der Waals surface area contributed by atoms with Crippen LogP contribution in [0.15, 0.2) is 24.3 Å². The third-order valence-electron chi connectivity index (χ3n) is 9.27. The second kappa shape index (κ2) is 34.3. The Labute approximate surface area is 293 Å². The standard InChI is InChI=1S/C42H79NO4/c1-5-7-9-11-13-15-17-19-21-23-24-26-28-30-32-34-36-40(38-43(3,4)39-41(44)45)47-42(46)37-35-33-31-29-27-25-22-20-18-16-14-12-10-8-6-2/h14,16,20,22,40H,5-13,15,17-19,21,23-39H2,1-4H3/p+1/b16-14-,22-20-. The van der Waals surface area contributed by atoms with Gasteiger partial charge in [0.2, 0.25) is 0 Å². The van der Waals surface area contributed by atoms with E-state index in [1.165, 1.54) is 128 Å². The molecule has 0 aliphatic heterocycles. The molecule has 0 fully saturated rings. The van der Waals surface area contributed by atoms with Crippen LogP contribution in [-0.2, 0) is 14.3 Å². The number of hydrogen-bond donors (Lipinski definition) is 1. The van der Waals surface area contributed by atoms with Crippen LogP contribution in [0.4, 0.5) is 0 Å². The van der Waals surface area contributed by atoms with Gasteiger partial charge in [-0.05, 0) is 51.4 Å². The van der Waals surface area contributed by atoms with Crippen LogP contribution in [0.5, 0.6) is 0 Å². The molecule has 5 heteroatoms. The minimum Gasteiger partial charge on any atom is -0.477 e. The third-order valence-corrected chi connectivity index (χ3v) is 9.27. The van der Waals surface area contributed by atoms with Crippen molar-refractivity contribution >= 4 is 11.9 Å². The molecule has 0 amide bonds. The lowest BCUT2D eigenvalue weighted by molar-refractivity contribution is -0.886. The first-order valence-electron chi connectivity index (χ1n) is 20.3. The van der Waals surface area contributed by atoms with Crippen LogP contribution >= 0.6 is 0 Å². The van der Waals surface area contributed by atoms with Crippen LogP contribution in [0, 0.1) is 0 Å². The summed E-state index contributed by atoms with van der Waals surface area (Å²) in [5.74, 6) is -0.930. The molecule has 0 aromatic rings. The quantitative estimate of drug-likeness (QED) is 0.0314. The molecule has 1 atom stereocenters. The van der Waals surface area contributed by atoms with Gasteiger partial charge in [-0.15, -0.1) is 0 Å². The maximum absolute atomic E-state index is 12.7. The van der Waals surface area contributed by atoms with Gasteiger partial charge in [0.1, 0.15) is 6.54 Å². The number of quaternary nitrogens is 1. The zero-order valence-electron chi connectivity index (χ0n) is 31.9. The fourth-order valence-electron chi connectivity index (χ4n) is 6.42. The Morgan fingerprint density at radius 3 is 1.47 bits per heavy atom. The molecule has 0 heterocycles. The molecule has 0 aromatic heterocycles. The molecule has 0 saturated carbocycles. The first-order chi connectivity index (χ1) is 22.8. The van der Waals surface area contributed by atoms with Crippen molar-refractivity contribution in [2.75, 3.05) is 27.2 Å². The number of aliphatic carboxylic acids is 1. The number of nitrogens with zero attached hydrogens (tertiary/aromatic N) is 1. The van der Waals surface area contributed by atoms with Gasteiger partial charge in [-0.1, -0.05) is 167 Å². The van der Waals surface area contributed by atoms with Gasteiger partial charge in [-0.25, -0.2) is 4.79 Å². The topological polar surface area (TPSA) is 63.6 Å². The fraction of sp³-hybridized carbons (Fsp3) is 0.857. The largest absolute Gasteiger partial charge is 0.477 e. The van der Waals surface area contributed by atoms with E-state index < -0.39 is 5.97 Å². The highest BCUT2D eigenvalue weighted by Crippen LogP contribution is 2.17. The Morgan fingerprint density at radius 1 is 0.574 bits per heavy atom. The number of carbonyl (C=O) groups excluding carboxylic acids is 1. The molecule has 276 valence electrons. The Balaban J connectivity index is 4.06. The summed E-state index contributed by atoms with van der Waals surface area (Å²) in [6.07, 6.45) is 44.4. The van der Waals surface area contributed by atoms with Crippen LogP contribution in [0.25, 0.3) is 0 Å². The Morgan fingerprint density at radius 2 is 0.979 bits per heavy atom. The van der Waals surface area contributed by atoms with Gasteiger partial charge in [-0.2, -0.15) is 0 Å². The molecule has 1 unspecified atom stereocenters. The second-order valence-corrected chi connectivity index (χ2v) is 14.9. The van der Waals surface area contributed by atoms with Crippen molar-refractivity contribution in [3.8, 4) is 0 Å². The van der Waals surface area contributed by atoms with Gasteiger partial charge in [-0.3, -0.25) is 4.79 Å². The zero-order valence-corrected chi connectivity index (χ0v) is 31.9. The number of unbranched alkanes of at least 4 members (excludes halogenated alkanes) is 23. The molecule has 0 radical (unpaired) electrons. The molecular formula is C42H80NO4+. The lowest BCUT2D eigenvalue weighted by Gasteiger charge is -2.31. The Bertz CT molecular complexity index is 760. The first-order valence-corrected chi connectivity index (χ1v) is 20.3. The predicted octanol–water partition coefficient (Wildman–Crippen LogP) is 12.5. The van der Waals surface area contributed by atoms with Gasteiger partial charge in [0.25, 0.3) is 0 Å². The summed E-state index contributed by atoms with van der Waals surface area (Å²) in [5, 5.41) is 9.34. The summed E-state index contributed by atoms with van der Waals surface area (Å²) in [4.78, 5) is 24.1. The van der Waals surface area contributed by atoms with Crippen molar-refractivity contribution in [2.24, 2.45) is 0 Å². The van der Waals surface area contributed by atoms with Crippen molar-refractivity contribution in [1.82, 2.24) is 0 Å². The average molecular weight is 663 g/mol. The third kappa shape index (κ3) is 35.5. The lowest BCUT2D eigenvalue weighted by Crippen LogP contribution is -2.49. The molecule has 1 N–H and O–H groups in total. The van der Waals surface area contributed by atoms with Crippen LogP contribution in [0.1, 0.15) is 200 Å². The van der Waals surface area contributed by atoms with Crippen LogP contribution < -0.4 is 0 Å². The van der Waals surface area contributed by atoms with E-state index in [1.54, 1.807) is 0 Å². The highest BCUT2D eigenvalue weighted by atomic mass is 16.5. The predicted molar refractivity (Wildman–Crippen MR) is 203 cm³/mol. The van der Waals surface area contributed by atoms with Gasteiger partial charge in [0.05, 0.1) is 14.1 Å². The minimum absolute atomic E-state index is 0.0396. The molecule has 0 bridgehead atoms. The number of allylic oxidation sites excluding steroid dienone is 4. The molecule has 5 nitrogen and oxygen atoms in total. The average Bonchev–Trinajstić information content (AvgIpc) is 3.01. The van der Waals surface area contributed by atoms with Crippen molar-refractivity contribution in [2.45, 2.75) is 206 Å². The van der Waals surface area contributed by atoms with E-state index in [4.69, 9.17) is 4.74 Å². The SMILES string of the molecule is CCCCC/C=C\C/C=C\CCCCCCCC(=O)OC(CCCCCCCCCCCCCCCCCC)C[N+](C)(C)CC(=O)O. The molecule has 47 heavy (non-hydrogen) atoms. The van der Waals surface area contributed by atoms with Gasteiger partial charge in [0.15, 0.2) is 12.6 Å². The molecule has 0 rings (SSSR count). The van der Waals surface area contributed by atoms with Crippen molar-refractivity contribution in [3.63, 3.8) is 0 Å². The van der Waals surface area contributed by atoms with E-state index in [9.17, 15) is 14.7 Å². The summed E-state index contributed by atoms with van der Waals surface area (Å²) in [7, 11) is 3.84. The monoisotopic (exact) mass is 663 g/mol. The maximum atomic E-state index is 12.7. The number of carboxylic acids is 1. The van der Waals surface area contributed by atoms with Gasteiger partial charge < -0.3 is 14.3 Å². The normalized spacial score (nSPS) is 12.8. The Hall–Kier alpha value is -1.62. The number of likely N-dealkylation sites (N-methyl/N-ethyl adjacent to an activating group) is 1. The number of carbonyl (C=O) groups is 2. The van der Waals surface area contributed by atoms with Crippen LogP contribution in [0.2, 0.25) is 0 Å². The van der Waals surface area contributed by atoms with Crippen molar-refractivity contribution < 1.29 is 23.9 Å². The summed E-state index contributed by atoms with van der Waals surface area (Å²) < 4.78 is 6.28. The van der Waals surface area contributed by atoms with Crippen LogP contribution in [0.3, 0.4) is 0 Å². The van der Waals surface area contributed by atoms with E-state index in [1.807, 2.05) is 14.1 Å². The molecule has 0 aromatic carbocycles. The molecule has 0 saturated heterocycles.